The highest BCUT2D eigenvalue weighted by molar-refractivity contribution is 5.90. The quantitative estimate of drug-likeness (QED) is 0.570. The molecule has 0 unspecified atom stereocenters. The molecule has 2 aliphatic rings. The molecule has 2 fully saturated rings. The zero-order valence-electron chi connectivity index (χ0n) is 19.2. The molecule has 0 aliphatic carbocycles. The Hall–Kier alpha value is -4.09. The highest BCUT2D eigenvalue weighted by Crippen LogP contribution is 2.31. The number of benzene rings is 1. The molecule has 0 bridgehead atoms. The number of aromatic nitrogens is 5. The average molecular weight is 481 g/mol. The third-order valence-electron chi connectivity index (χ3n) is 6.19. The normalized spacial score (nSPS) is 18.6. The van der Waals surface area contributed by atoms with Gasteiger partial charge >= 0.3 is 6.09 Å². The summed E-state index contributed by atoms with van der Waals surface area (Å²) >= 11 is 0. The smallest absolute Gasteiger partial charge is 0.414 e. The van der Waals surface area contributed by atoms with Gasteiger partial charge in [0, 0.05) is 38.0 Å². The SMILES string of the molecule is CC(=O)NC[C@H]1CN(c2ccc(N3CCC(n4nnc(-c5ccncc5)n4)CC3)c(F)c2)C(=O)O1. The molecule has 5 rings (SSSR count). The van der Waals surface area contributed by atoms with E-state index in [0.717, 1.165) is 18.4 Å². The van der Waals surface area contributed by atoms with Gasteiger partial charge in [0.2, 0.25) is 11.7 Å². The monoisotopic (exact) mass is 480 g/mol. The average Bonchev–Trinajstić information content (AvgIpc) is 3.50. The van der Waals surface area contributed by atoms with Crippen molar-refractivity contribution in [2.24, 2.45) is 0 Å². The van der Waals surface area contributed by atoms with Crippen molar-refractivity contribution in [1.29, 1.82) is 0 Å². The van der Waals surface area contributed by atoms with E-state index in [1.165, 1.54) is 17.9 Å². The van der Waals surface area contributed by atoms with Gasteiger partial charge in [0.05, 0.1) is 30.5 Å². The van der Waals surface area contributed by atoms with Crippen molar-refractivity contribution in [1.82, 2.24) is 30.5 Å². The number of carbonyl (C=O) groups is 2. The van der Waals surface area contributed by atoms with Crippen LogP contribution in [-0.4, -0.2) is 69.5 Å². The second kappa shape index (κ2) is 9.65. The molecule has 182 valence electrons. The number of nitrogens with one attached hydrogen (secondary N) is 1. The summed E-state index contributed by atoms with van der Waals surface area (Å²) in [6, 6.07) is 8.50. The fraction of sp³-hybridized carbons (Fsp3) is 0.391. The summed E-state index contributed by atoms with van der Waals surface area (Å²) in [5.41, 5.74) is 1.76. The van der Waals surface area contributed by atoms with Crippen molar-refractivity contribution in [2.45, 2.75) is 31.9 Å². The van der Waals surface area contributed by atoms with Crippen LogP contribution in [0.2, 0.25) is 0 Å². The number of amides is 2. The molecule has 2 aromatic heterocycles. The third-order valence-corrected chi connectivity index (χ3v) is 6.19. The molecule has 3 aromatic rings. The maximum Gasteiger partial charge on any atom is 0.414 e. The molecule has 35 heavy (non-hydrogen) atoms. The van der Waals surface area contributed by atoms with Crippen LogP contribution < -0.4 is 15.1 Å². The number of hydrogen-bond acceptors (Lipinski definition) is 8. The predicted octanol–water partition coefficient (Wildman–Crippen LogP) is 2.18. The van der Waals surface area contributed by atoms with Crippen LogP contribution in [0.3, 0.4) is 0 Å². The Morgan fingerprint density at radius 3 is 2.69 bits per heavy atom. The number of tetrazole rings is 1. The van der Waals surface area contributed by atoms with Crippen LogP contribution in [0.25, 0.3) is 11.4 Å². The van der Waals surface area contributed by atoms with E-state index in [0.29, 0.717) is 30.3 Å². The molecule has 0 saturated carbocycles. The van der Waals surface area contributed by atoms with Gasteiger partial charge in [0.1, 0.15) is 11.9 Å². The number of ether oxygens (including phenoxy) is 1. The number of piperidine rings is 1. The molecule has 2 saturated heterocycles. The van der Waals surface area contributed by atoms with Crippen molar-refractivity contribution in [2.75, 3.05) is 36.0 Å². The van der Waals surface area contributed by atoms with Gasteiger partial charge in [-0.05, 0) is 48.4 Å². The topological polar surface area (TPSA) is 118 Å². The van der Waals surface area contributed by atoms with Gasteiger partial charge in [-0.15, -0.1) is 10.2 Å². The van der Waals surface area contributed by atoms with Gasteiger partial charge in [-0.1, -0.05) is 0 Å². The first-order valence-corrected chi connectivity index (χ1v) is 11.4. The molecule has 1 atom stereocenters. The Bertz CT molecular complexity index is 1210. The summed E-state index contributed by atoms with van der Waals surface area (Å²) < 4.78 is 20.3. The van der Waals surface area contributed by atoms with Gasteiger partial charge < -0.3 is 15.0 Å². The minimum atomic E-state index is -0.556. The minimum Gasteiger partial charge on any atom is -0.442 e. The Labute approximate surface area is 200 Å². The molecule has 0 radical (unpaired) electrons. The molecule has 11 nitrogen and oxygen atoms in total. The summed E-state index contributed by atoms with van der Waals surface area (Å²) in [7, 11) is 0. The van der Waals surface area contributed by atoms with Gasteiger partial charge in [-0.3, -0.25) is 14.7 Å². The van der Waals surface area contributed by atoms with E-state index in [2.05, 4.69) is 25.7 Å². The zero-order valence-corrected chi connectivity index (χ0v) is 19.2. The van der Waals surface area contributed by atoms with E-state index in [1.54, 1.807) is 29.3 Å². The lowest BCUT2D eigenvalue weighted by atomic mass is 10.0. The zero-order chi connectivity index (χ0) is 24.4. The second-order valence-corrected chi connectivity index (χ2v) is 8.58. The van der Waals surface area contributed by atoms with Gasteiger partial charge in [-0.2, -0.15) is 4.80 Å². The highest BCUT2D eigenvalue weighted by atomic mass is 19.1. The molecule has 2 aliphatic heterocycles. The molecule has 4 heterocycles. The molecular weight excluding hydrogens is 455 g/mol. The lowest BCUT2D eigenvalue weighted by Crippen LogP contribution is -2.36. The highest BCUT2D eigenvalue weighted by Gasteiger charge is 2.33. The van der Waals surface area contributed by atoms with Gasteiger partial charge in [0.25, 0.3) is 0 Å². The molecule has 2 amide bonds. The van der Waals surface area contributed by atoms with Crippen molar-refractivity contribution < 1.29 is 18.7 Å². The summed E-state index contributed by atoms with van der Waals surface area (Å²) in [5, 5.41) is 15.5. The molecule has 1 N–H and O–H groups in total. The number of hydrogen-bond donors (Lipinski definition) is 1. The van der Waals surface area contributed by atoms with E-state index in [1.807, 2.05) is 17.0 Å². The Balaban J connectivity index is 1.20. The number of anilines is 2. The number of cyclic esters (lactones) is 1. The lowest BCUT2D eigenvalue weighted by molar-refractivity contribution is -0.119. The lowest BCUT2D eigenvalue weighted by Gasteiger charge is -2.33. The number of pyridine rings is 1. The summed E-state index contributed by atoms with van der Waals surface area (Å²) in [5.74, 6) is -0.0541. The predicted molar refractivity (Wildman–Crippen MR) is 124 cm³/mol. The Morgan fingerprint density at radius 2 is 1.97 bits per heavy atom. The van der Waals surface area contributed by atoms with Crippen molar-refractivity contribution >= 4 is 23.4 Å². The standard InChI is InChI=1S/C23H25FN8O3/c1-15(33)26-13-19-14-31(23(34)35-19)18-2-3-21(20(24)12-18)30-10-6-17(7-11-30)32-28-22(27-29-32)16-4-8-25-9-5-16/h2-5,8-9,12,17,19H,6-7,10-11,13-14H2,1H3,(H,26,33)/t19-/m0/s1. The van der Waals surface area contributed by atoms with E-state index in [-0.39, 0.29) is 25.0 Å². The van der Waals surface area contributed by atoms with Crippen LogP contribution in [0.1, 0.15) is 25.8 Å². The van der Waals surface area contributed by atoms with Crippen LogP contribution >= 0.6 is 0 Å². The third kappa shape index (κ3) is 4.91. The second-order valence-electron chi connectivity index (χ2n) is 8.58. The molecule has 0 spiro atoms. The van der Waals surface area contributed by atoms with Crippen LogP contribution in [-0.2, 0) is 9.53 Å². The fourth-order valence-corrected chi connectivity index (χ4v) is 4.35. The van der Waals surface area contributed by atoms with Crippen molar-refractivity contribution in [3.05, 3.63) is 48.5 Å². The summed E-state index contributed by atoms with van der Waals surface area (Å²) in [6.45, 7) is 3.14. The minimum absolute atomic E-state index is 0.0802. The summed E-state index contributed by atoms with van der Waals surface area (Å²) in [4.78, 5) is 32.3. The molecular formula is C23H25FN8O3. The van der Waals surface area contributed by atoms with Crippen LogP contribution in [0.15, 0.2) is 42.7 Å². The largest absolute Gasteiger partial charge is 0.442 e. The van der Waals surface area contributed by atoms with E-state index in [4.69, 9.17) is 4.74 Å². The first-order chi connectivity index (χ1) is 17.0. The van der Waals surface area contributed by atoms with Crippen molar-refractivity contribution in [3.8, 4) is 11.4 Å². The van der Waals surface area contributed by atoms with Crippen LogP contribution in [0.4, 0.5) is 20.6 Å². The number of nitrogens with zero attached hydrogens (tertiary/aromatic N) is 7. The van der Waals surface area contributed by atoms with Gasteiger partial charge in [0.15, 0.2) is 0 Å². The Kier molecular flexibility index (Phi) is 6.25. The van der Waals surface area contributed by atoms with E-state index in [9.17, 15) is 9.59 Å². The number of rotatable bonds is 6. The maximum absolute atomic E-state index is 15.1. The first kappa shape index (κ1) is 22.7. The number of halogens is 1. The molecule has 12 heteroatoms. The number of carbonyl (C=O) groups excluding carboxylic acids is 2. The Morgan fingerprint density at radius 1 is 1.20 bits per heavy atom. The van der Waals surface area contributed by atoms with Crippen molar-refractivity contribution in [3.63, 3.8) is 0 Å². The summed E-state index contributed by atoms with van der Waals surface area (Å²) in [6.07, 6.45) is 3.83. The fourth-order valence-electron chi connectivity index (χ4n) is 4.35. The molecule has 1 aromatic carbocycles. The first-order valence-electron chi connectivity index (χ1n) is 11.4. The van der Waals surface area contributed by atoms with E-state index >= 15 is 4.39 Å². The van der Waals surface area contributed by atoms with Gasteiger partial charge in [-0.25, -0.2) is 9.18 Å². The van der Waals surface area contributed by atoms with Crippen LogP contribution in [0.5, 0.6) is 0 Å². The maximum atomic E-state index is 15.1. The van der Waals surface area contributed by atoms with Crippen LogP contribution in [0, 0.1) is 5.82 Å². The van der Waals surface area contributed by atoms with E-state index < -0.39 is 18.0 Å².